The third-order valence-electron chi connectivity index (χ3n) is 6.04. The summed E-state index contributed by atoms with van der Waals surface area (Å²) in [6, 6.07) is 32.7. The standard InChI is InChI=1S/C29H19N3O2S.Pt/c1-20-8-7-17-31-29(20)32-26-12-3-2-11-24(26)25-15-14-22(19-27(25)32)21-9-6-10-23(18-21)35(33,34)28-13-4-5-16-30-28;/h2-17H,1H3;/q-2;+2. The van der Waals surface area contributed by atoms with Crippen molar-refractivity contribution < 1.29 is 29.5 Å². The van der Waals surface area contributed by atoms with E-state index in [4.69, 9.17) is 0 Å². The minimum Gasteiger partial charge on any atom is -0.313 e. The van der Waals surface area contributed by atoms with Crippen LogP contribution in [-0.2, 0) is 30.9 Å². The van der Waals surface area contributed by atoms with Gasteiger partial charge in [0.15, 0.2) is 5.03 Å². The third-order valence-corrected chi connectivity index (χ3v) is 7.65. The number of hydrogen-bond acceptors (Lipinski definition) is 4. The summed E-state index contributed by atoms with van der Waals surface area (Å²) in [6.07, 6.45) is 3.25. The van der Waals surface area contributed by atoms with E-state index >= 15 is 0 Å². The average Bonchev–Trinajstić information content (AvgIpc) is 3.23. The van der Waals surface area contributed by atoms with E-state index in [1.165, 1.54) is 12.3 Å². The fourth-order valence-corrected chi connectivity index (χ4v) is 5.55. The van der Waals surface area contributed by atoms with E-state index in [1.54, 1.807) is 30.5 Å². The molecule has 3 heterocycles. The summed E-state index contributed by atoms with van der Waals surface area (Å²) in [5, 5.41) is 2.15. The van der Waals surface area contributed by atoms with Crippen LogP contribution in [0.25, 0.3) is 38.8 Å². The second-order valence-electron chi connectivity index (χ2n) is 8.23. The maximum Gasteiger partial charge on any atom is 2.00 e. The summed E-state index contributed by atoms with van der Waals surface area (Å²) in [5.41, 5.74) is 4.33. The molecule has 5 nitrogen and oxygen atoms in total. The van der Waals surface area contributed by atoms with Gasteiger partial charge in [0.1, 0.15) is 5.82 Å². The molecule has 3 aromatic carbocycles. The van der Waals surface area contributed by atoms with Crippen molar-refractivity contribution in [1.82, 2.24) is 14.5 Å². The Kier molecular flexibility index (Phi) is 6.33. The van der Waals surface area contributed by atoms with Gasteiger partial charge in [0.2, 0.25) is 9.84 Å². The average molecular weight is 669 g/mol. The topological polar surface area (TPSA) is 64.8 Å². The van der Waals surface area contributed by atoms with Crippen molar-refractivity contribution >= 4 is 31.6 Å². The number of rotatable bonds is 4. The number of aryl methyl sites for hydroxylation is 1. The van der Waals surface area contributed by atoms with Gasteiger partial charge in [-0.05, 0) is 52.6 Å². The number of nitrogens with zero attached hydrogens (tertiary/aromatic N) is 3. The summed E-state index contributed by atoms with van der Waals surface area (Å²) < 4.78 is 28.3. The number of benzene rings is 3. The maximum atomic E-state index is 13.1. The van der Waals surface area contributed by atoms with Crippen LogP contribution in [0, 0.1) is 19.1 Å². The number of pyridine rings is 2. The van der Waals surface area contributed by atoms with Crippen molar-refractivity contribution in [3.8, 4) is 16.9 Å². The van der Waals surface area contributed by atoms with Crippen molar-refractivity contribution in [2.45, 2.75) is 16.8 Å². The van der Waals surface area contributed by atoms with Gasteiger partial charge in [-0.1, -0.05) is 35.7 Å². The Morgan fingerprint density at radius 2 is 1.50 bits per heavy atom. The zero-order valence-corrected chi connectivity index (χ0v) is 22.2. The van der Waals surface area contributed by atoms with Gasteiger partial charge in [-0.25, -0.2) is 29.5 Å². The van der Waals surface area contributed by atoms with E-state index in [0.717, 1.165) is 38.8 Å². The predicted octanol–water partition coefficient (Wildman–Crippen LogP) is 5.98. The minimum absolute atomic E-state index is 0. The smallest absolute Gasteiger partial charge is 0.313 e. The molecule has 7 heteroatoms. The number of fused-ring (bicyclic) bond motifs is 3. The zero-order chi connectivity index (χ0) is 24.0. The van der Waals surface area contributed by atoms with E-state index < -0.39 is 9.84 Å². The molecule has 0 N–H and O–H groups in total. The first-order chi connectivity index (χ1) is 17.0. The minimum atomic E-state index is -3.79. The number of hydrogen-bond donors (Lipinski definition) is 0. The van der Waals surface area contributed by atoms with Gasteiger partial charge < -0.3 is 4.57 Å². The molecule has 6 aromatic rings. The van der Waals surface area contributed by atoms with Crippen LogP contribution in [-0.4, -0.2) is 23.0 Å². The van der Waals surface area contributed by atoms with Crippen LogP contribution < -0.4 is 0 Å². The summed E-state index contributed by atoms with van der Waals surface area (Å²) in [5.74, 6) is 0.836. The van der Waals surface area contributed by atoms with E-state index in [1.807, 2.05) is 49.4 Å². The van der Waals surface area contributed by atoms with Gasteiger partial charge in [-0.15, -0.1) is 12.1 Å². The molecule has 0 aliphatic rings. The van der Waals surface area contributed by atoms with Crippen LogP contribution in [0.15, 0.2) is 107 Å². The van der Waals surface area contributed by atoms with Gasteiger partial charge in [-0.2, -0.15) is 30.3 Å². The molecule has 0 aliphatic heterocycles. The van der Waals surface area contributed by atoms with Crippen LogP contribution in [0.4, 0.5) is 0 Å². The Morgan fingerprint density at radius 1 is 0.722 bits per heavy atom. The first kappa shape index (κ1) is 24.1. The first-order valence-electron chi connectivity index (χ1n) is 11.1. The molecule has 0 atom stereocenters. The van der Waals surface area contributed by atoms with E-state index in [-0.39, 0.29) is 31.0 Å². The summed E-state index contributed by atoms with van der Waals surface area (Å²) >= 11 is 0. The molecule has 0 unspecified atom stereocenters. The monoisotopic (exact) mass is 668 g/mol. The molecular weight excluding hydrogens is 649 g/mol. The van der Waals surface area contributed by atoms with Gasteiger partial charge in [0, 0.05) is 17.9 Å². The maximum absolute atomic E-state index is 13.1. The van der Waals surface area contributed by atoms with Crippen LogP contribution in [0.3, 0.4) is 0 Å². The van der Waals surface area contributed by atoms with Crippen molar-refractivity contribution in [1.29, 1.82) is 0 Å². The molecule has 0 saturated heterocycles. The van der Waals surface area contributed by atoms with E-state index in [9.17, 15) is 8.42 Å². The summed E-state index contributed by atoms with van der Waals surface area (Å²) in [6.45, 7) is 2.03. The second-order valence-corrected chi connectivity index (χ2v) is 10.1. The fraction of sp³-hybridized carbons (Fsp3) is 0.0345. The quantitative estimate of drug-likeness (QED) is 0.217. The molecule has 3 aromatic heterocycles. The van der Waals surface area contributed by atoms with Crippen LogP contribution >= 0.6 is 0 Å². The van der Waals surface area contributed by atoms with E-state index in [0.29, 0.717) is 5.56 Å². The Labute approximate surface area is 223 Å². The largest absolute Gasteiger partial charge is 2.00 e. The molecule has 6 rings (SSSR count). The fourth-order valence-electron chi connectivity index (χ4n) is 4.36. The van der Waals surface area contributed by atoms with Crippen molar-refractivity contribution in [2.24, 2.45) is 0 Å². The Bertz CT molecular complexity index is 1830. The molecule has 0 amide bonds. The Hall–Kier alpha value is -3.60. The molecule has 0 aliphatic carbocycles. The molecule has 0 bridgehead atoms. The molecule has 0 spiro atoms. The third kappa shape index (κ3) is 3.97. The number of aromatic nitrogens is 3. The first-order valence-corrected chi connectivity index (χ1v) is 12.6. The molecule has 178 valence electrons. The molecular formula is C29H19N3O2PtS. The van der Waals surface area contributed by atoms with E-state index in [2.05, 4.69) is 38.8 Å². The Balaban J connectivity index is 0.00000267. The van der Waals surface area contributed by atoms with Crippen LogP contribution in [0.1, 0.15) is 5.56 Å². The van der Waals surface area contributed by atoms with Crippen LogP contribution in [0.5, 0.6) is 0 Å². The molecule has 0 saturated carbocycles. The van der Waals surface area contributed by atoms with Crippen molar-refractivity contribution in [3.63, 3.8) is 0 Å². The van der Waals surface area contributed by atoms with Gasteiger partial charge in [0.25, 0.3) is 0 Å². The van der Waals surface area contributed by atoms with Crippen molar-refractivity contribution in [3.05, 3.63) is 115 Å². The molecule has 36 heavy (non-hydrogen) atoms. The number of para-hydroxylation sites is 1. The normalized spacial score (nSPS) is 11.5. The summed E-state index contributed by atoms with van der Waals surface area (Å²) in [4.78, 5) is 8.75. The SMILES string of the molecule is Cc1cccnc1-n1c2[c-]c(-c3[c-]c(S(=O)(=O)c4ccccn4)ccc3)ccc2c2ccccc21.[Pt+2]. The molecule has 0 radical (unpaired) electrons. The van der Waals surface area contributed by atoms with Gasteiger partial charge >= 0.3 is 21.1 Å². The zero-order valence-electron chi connectivity index (χ0n) is 19.1. The van der Waals surface area contributed by atoms with Gasteiger partial charge in [0.05, 0.1) is 0 Å². The van der Waals surface area contributed by atoms with Crippen molar-refractivity contribution in [2.75, 3.05) is 0 Å². The second kappa shape index (κ2) is 9.45. The number of sulfone groups is 1. The Morgan fingerprint density at radius 3 is 2.31 bits per heavy atom. The summed E-state index contributed by atoms with van der Waals surface area (Å²) in [7, 11) is -3.79. The van der Waals surface area contributed by atoms with Crippen LogP contribution in [0.2, 0.25) is 0 Å². The van der Waals surface area contributed by atoms with Gasteiger partial charge in [-0.3, -0.25) is 0 Å². The predicted molar refractivity (Wildman–Crippen MR) is 136 cm³/mol. The molecule has 0 fully saturated rings.